The van der Waals surface area contributed by atoms with Crippen molar-refractivity contribution < 1.29 is 24.5 Å². The normalized spacial score (nSPS) is 12.7. The molecule has 70 heavy (non-hydrogen) atoms. The van der Waals surface area contributed by atoms with Gasteiger partial charge in [-0.3, -0.25) is 9.59 Å². The fourth-order valence-electron chi connectivity index (χ4n) is 9.87. The minimum Gasteiger partial charge on any atom is -0.466 e. The van der Waals surface area contributed by atoms with Crippen molar-refractivity contribution in [1.29, 1.82) is 0 Å². The number of unbranched alkanes of at least 4 members (excludes halogenated alkanes) is 46. The second-order valence-electron chi connectivity index (χ2n) is 21.7. The molecule has 6 nitrogen and oxygen atoms in total. The van der Waals surface area contributed by atoms with Gasteiger partial charge in [-0.25, -0.2) is 0 Å². The first-order valence-corrected chi connectivity index (χ1v) is 31.6. The molecular formula is C64H123NO5. The largest absolute Gasteiger partial charge is 0.466 e. The Labute approximate surface area is 437 Å². The van der Waals surface area contributed by atoms with Crippen LogP contribution in [0.15, 0.2) is 24.3 Å². The Hall–Kier alpha value is -1.66. The summed E-state index contributed by atoms with van der Waals surface area (Å²) in [4.78, 5) is 24.6. The summed E-state index contributed by atoms with van der Waals surface area (Å²) < 4.78 is 5.49. The quantitative estimate of drug-likeness (QED) is 0.0321. The van der Waals surface area contributed by atoms with Gasteiger partial charge in [-0.1, -0.05) is 301 Å². The van der Waals surface area contributed by atoms with Gasteiger partial charge in [0.25, 0.3) is 0 Å². The third kappa shape index (κ3) is 55.7. The summed E-state index contributed by atoms with van der Waals surface area (Å²) in [7, 11) is 0. The SMILES string of the molecule is CCCCCCCCCCCCCCCCCC/C=C/C(O)C(CO)NC(=O)CCCCCCC/C=C\CCCCCCCCCCCOC(=O)CCCCCCCCCCCCCCCCCCC. The molecule has 0 spiro atoms. The van der Waals surface area contributed by atoms with Crippen LogP contribution in [0, 0.1) is 0 Å². The molecule has 0 aromatic carbocycles. The molecule has 0 fully saturated rings. The lowest BCUT2D eigenvalue weighted by molar-refractivity contribution is -0.143. The number of aliphatic hydroxyl groups is 2. The fourth-order valence-corrected chi connectivity index (χ4v) is 9.87. The molecule has 2 atom stereocenters. The smallest absolute Gasteiger partial charge is 0.305 e. The Morgan fingerprint density at radius 3 is 1.01 bits per heavy atom. The standard InChI is InChI=1S/C64H123NO5/c1-3-5-7-9-11-13-15-17-19-21-25-28-32-36-40-44-48-52-56-62(67)61(60-66)65-63(68)57-53-49-45-41-37-33-29-26-22-23-27-31-35-39-43-47-51-55-59-70-64(69)58-54-50-46-42-38-34-30-24-20-18-16-14-12-10-8-6-4-2/h26,29,52,56,61-62,66-67H,3-25,27-28,30-51,53-55,57-60H2,1-2H3,(H,65,68)/b29-26-,56-52+. The van der Waals surface area contributed by atoms with E-state index in [0.717, 1.165) is 57.8 Å². The number of carbonyl (C=O) groups excluding carboxylic acids is 2. The molecule has 3 N–H and O–H groups in total. The molecule has 0 bridgehead atoms. The number of amides is 1. The minimum absolute atomic E-state index is 0.00658. The molecule has 2 unspecified atom stereocenters. The van der Waals surface area contributed by atoms with Gasteiger partial charge in [-0.2, -0.15) is 0 Å². The van der Waals surface area contributed by atoms with E-state index in [4.69, 9.17) is 4.74 Å². The van der Waals surface area contributed by atoms with Crippen LogP contribution in [0.1, 0.15) is 348 Å². The number of aliphatic hydroxyl groups excluding tert-OH is 2. The highest BCUT2D eigenvalue weighted by Gasteiger charge is 2.18. The predicted molar refractivity (Wildman–Crippen MR) is 306 cm³/mol. The third-order valence-corrected chi connectivity index (χ3v) is 14.7. The zero-order chi connectivity index (χ0) is 50.7. The first-order chi connectivity index (χ1) is 34.5. The second-order valence-corrected chi connectivity index (χ2v) is 21.7. The molecule has 414 valence electrons. The zero-order valence-electron chi connectivity index (χ0n) is 47.3. The van der Waals surface area contributed by atoms with Crippen molar-refractivity contribution in [2.75, 3.05) is 13.2 Å². The monoisotopic (exact) mass is 986 g/mol. The van der Waals surface area contributed by atoms with E-state index in [2.05, 4.69) is 31.3 Å². The Bertz CT molecular complexity index is 1090. The number of allylic oxidation sites excluding steroid dienone is 3. The van der Waals surface area contributed by atoms with E-state index >= 15 is 0 Å². The highest BCUT2D eigenvalue weighted by Crippen LogP contribution is 2.18. The van der Waals surface area contributed by atoms with Crippen molar-refractivity contribution in [3.8, 4) is 0 Å². The van der Waals surface area contributed by atoms with Gasteiger partial charge >= 0.3 is 5.97 Å². The Morgan fingerprint density at radius 1 is 0.386 bits per heavy atom. The van der Waals surface area contributed by atoms with Crippen LogP contribution < -0.4 is 5.32 Å². The second kappa shape index (κ2) is 59.9. The van der Waals surface area contributed by atoms with Crippen LogP contribution in [0.25, 0.3) is 0 Å². The average molecular weight is 987 g/mol. The van der Waals surface area contributed by atoms with Crippen molar-refractivity contribution in [1.82, 2.24) is 5.32 Å². The maximum Gasteiger partial charge on any atom is 0.305 e. The lowest BCUT2D eigenvalue weighted by Gasteiger charge is -2.20. The number of hydrogen-bond donors (Lipinski definition) is 3. The average Bonchev–Trinajstić information content (AvgIpc) is 3.36. The van der Waals surface area contributed by atoms with Gasteiger partial charge in [0, 0.05) is 12.8 Å². The van der Waals surface area contributed by atoms with Crippen molar-refractivity contribution in [3.05, 3.63) is 24.3 Å². The number of esters is 1. The molecule has 0 rings (SSSR count). The van der Waals surface area contributed by atoms with Crippen LogP contribution in [0.3, 0.4) is 0 Å². The van der Waals surface area contributed by atoms with E-state index in [-0.39, 0.29) is 18.5 Å². The first kappa shape index (κ1) is 68.3. The molecule has 0 aromatic rings. The van der Waals surface area contributed by atoms with Crippen molar-refractivity contribution in [2.24, 2.45) is 0 Å². The summed E-state index contributed by atoms with van der Waals surface area (Å²) in [5, 5.41) is 23.2. The van der Waals surface area contributed by atoms with Crippen molar-refractivity contribution >= 4 is 11.9 Å². The lowest BCUT2D eigenvalue weighted by atomic mass is 10.0. The molecule has 1 amide bonds. The van der Waals surface area contributed by atoms with Gasteiger partial charge in [-0.15, -0.1) is 0 Å². The summed E-state index contributed by atoms with van der Waals surface area (Å²) in [6, 6.07) is -0.638. The van der Waals surface area contributed by atoms with Crippen LogP contribution >= 0.6 is 0 Å². The first-order valence-electron chi connectivity index (χ1n) is 31.6. The molecule has 0 saturated carbocycles. The van der Waals surface area contributed by atoms with E-state index in [0.29, 0.717) is 19.4 Å². The van der Waals surface area contributed by atoms with E-state index in [1.807, 2.05) is 6.08 Å². The molecule has 0 aliphatic carbocycles. The molecule has 0 heterocycles. The van der Waals surface area contributed by atoms with E-state index in [9.17, 15) is 19.8 Å². The number of carbonyl (C=O) groups is 2. The van der Waals surface area contributed by atoms with Crippen LogP contribution in [0.2, 0.25) is 0 Å². The van der Waals surface area contributed by atoms with Gasteiger partial charge in [0.1, 0.15) is 0 Å². The highest BCUT2D eigenvalue weighted by atomic mass is 16.5. The third-order valence-electron chi connectivity index (χ3n) is 14.7. The summed E-state index contributed by atoms with van der Waals surface area (Å²) in [5.41, 5.74) is 0. The number of hydrogen-bond acceptors (Lipinski definition) is 5. The molecule has 0 aliphatic rings. The fraction of sp³-hybridized carbons (Fsp3) is 0.906. The summed E-state index contributed by atoms with van der Waals surface area (Å²) in [6.07, 6.45) is 73.6. The lowest BCUT2D eigenvalue weighted by Crippen LogP contribution is -2.45. The van der Waals surface area contributed by atoms with Crippen molar-refractivity contribution in [3.63, 3.8) is 0 Å². The highest BCUT2D eigenvalue weighted by molar-refractivity contribution is 5.76. The van der Waals surface area contributed by atoms with E-state index in [1.165, 1.54) is 263 Å². The van der Waals surface area contributed by atoms with Gasteiger partial charge in [0.2, 0.25) is 5.91 Å². The zero-order valence-corrected chi connectivity index (χ0v) is 47.3. The molecule has 6 heteroatoms. The molecule has 0 aliphatic heterocycles. The maximum absolute atomic E-state index is 12.5. The predicted octanol–water partition coefficient (Wildman–Crippen LogP) is 19.8. The van der Waals surface area contributed by atoms with Gasteiger partial charge in [0.05, 0.1) is 25.4 Å². The van der Waals surface area contributed by atoms with Crippen LogP contribution in [0.5, 0.6) is 0 Å². The summed E-state index contributed by atoms with van der Waals surface area (Å²) in [5.74, 6) is -0.0731. The van der Waals surface area contributed by atoms with Gasteiger partial charge < -0.3 is 20.3 Å². The Balaban J connectivity index is 3.45. The number of rotatable bonds is 59. The van der Waals surface area contributed by atoms with Gasteiger partial charge in [0.15, 0.2) is 0 Å². The molecular weight excluding hydrogens is 863 g/mol. The minimum atomic E-state index is -0.853. The van der Waals surface area contributed by atoms with E-state index in [1.54, 1.807) is 6.08 Å². The van der Waals surface area contributed by atoms with Crippen LogP contribution in [-0.2, 0) is 14.3 Å². The number of nitrogens with one attached hydrogen (secondary N) is 1. The van der Waals surface area contributed by atoms with Gasteiger partial charge in [-0.05, 0) is 57.8 Å². The Kier molecular flexibility index (Phi) is 58.5. The van der Waals surface area contributed by atoms with Crippen molar-refractivity contribution in [2.45, 2.75) is 360 Å². The summed E-state index contributed by atoms with van der Waals surface area (Å²) >= 11 is 0. The maximum atomic E-state index is 12.5. The topological polar surface area (TPSA) is 95.9 Å². The molecule has 0 radical (unpaired) electrons. The van der Waals surface area contributed by atoms with Crippen LogP contribution in [-0.4, -0.2) is 47.4 Å². The summed E-state index contributed by atoms with van der Waals surface area (Å²) in [6.45, 7) is 4.92. The Morgan fingerprint density at radius 2 is 0.671 bits per heavy atom. The number of ether oxygens (including phenoxy) is 1. The molecule has 0 aromatic heterocycles. The van der Waals surface area contributed by atoms with Crippen LogP contribution in [0.4, 0.5) is 0 Å². The van der Waals surface area contributed by atoms with E-state index < -0.39 is 12.1 Å². The molecule has 0 saturated heterocycles.